The van der Waals surface area contributed by atoms with Crippen molar-refractivity contribution in [3.8, 4) is 0 Å². The zero-order valence-corrected chi connectivity index (χ0v) is 13.1. The summed E-state index contributed by atoms with van der Waals surface area (Å²) in [5.74, 6) is 5.14. The molecule has 6 aliphatic rings. The van der Waals surface area contributed by atoms with Crippen molar-refractivity contribution in [2.24, 2.45) is 46.8 Å². The molecular weight excluding hydrogens is 312 g/mol. The van der Waals surface area contributed by atoms with Gasteiger partial charge in [-0.25, -0.2) is 0 Å². The fraction of sp³-hybridized carbons (Fsp3) is 0.667. The summed E-state index contributed by atoms with van der Waals surface area (Å²) in [6, 6.07) is 10.6. The summed E-state index contributed by atoms with van der Waals surface area (Å²) >= 11 is 4.06. The number of hydrogen-bond donors (Lipinski definition) is 1. The zero-order chi connectivity index (χ0) is 13.4. The van der Waals surface area contributed by atoms with Crippen molar-refractivity contribution in [2.75, 3.05) is 0 Å². The average molecular weight is 331 g/mol. The topological polar surface area (TPSA) is 20.2 Å². The van der Waals surface area contributed by atoms with Gasteiger partial charge in [-0.15, -0.1) is 0 Å². The van der Waals surface area contributed by atoms with Crippen molar-refractivity contribution in [1.29, 1.82) is 0 Å². The third-order valence-electron chi connectivity index (χ3n) is 8.21. The summed E-state index contributed by atoms with van der Waals surface area (Å²) in [5.41, 5.74) is 0.990. The first kappa shape index (κ1) is 11.3. The summed E-state index contributed by atoms with van der Waals surface area (Å²) in [6.45, 7) is 2.48. The van der Waals surface area contributed by atoms with Crippen LogP contribution in [-0.4, -0.2) is 9.93 Å². The number of halogens is 1. The van der Waals surface area contributed by atoms with Crippen LogP contribution in [0.1, 0.15) is 18.9 Å². The van der Waals surface area contributed by atoms with Gasteiger partial charge in [0.15, 0.2) is 0 Å². The third-order valence-corrected chi connectivity index (χ3v) is 9.81. The van der Waals surface area contributed by atoms with Crippen LogP contribution >= 0.6 is 15.9 Å². The number of rotatable bonds is 1. The van der Waals surface area contributed by atoms with Gasteiger partial charge in [0, 0.05) is 10.7 Å². The Hall–Kier alpha value is -0.340. The molecule has 1 nitrogen and oxygen atoms in total. The summed E-state index contributed by atoms with van der Waals surface area (Å²) in [7, 11) is 0. The van der Waals surface area contributed by atoms with Crippen LogP contribution in [0.15, 0.2) is 30.3 Å². The molecule has 6 saturated carbocycles. The lowest BCUT2D eigenvalue weighted by molar-refractivity contribution is -0.0284. The van der Waals surface area contributed by atoms with E-state index in [4.69, 9.17) is 0 Å². The van der Waals surface area contributed by atoms with Gasteiger partial charge in [0.25, 0.3) is 0 Å². The van der Waals surface area contributed by atoms with Crippen LogP contribution in [0.4, 0.5) is 0 Å². The molecule has 20 heavy (non-hydrogen) atoms. The molecule has 10 atom stereocenters. The van der Waals surface area contributed by atoms with Crippen LogP contribution < -0.4 is 0 Å². The molecule has 1 aromatic carbocycles. The molecule has 0 radical (unpaired) electrons. The minimum absolute atomic E-state index is 0.336. The van der Waals surface area contributed by atoms with E-state index in [0.717, 1.165) is 29.6 Å². The van der Waals surface area contributed by atoms with Gasteiger partial charge in [0.2, 0.25) is 0 Å². The molecule has 0 saturated heterocycles. The van der Waals surface area contributed by atoms with E-state index >= 15 is 0 Å². The number of hydrogen-bond acceptors (Lipinski definition) is 1. The fourth-order valence-corrected chi connectivity index (χ4v) is 9.61. The Balaban J connectivity index is 1.65. The molecule has 7 rings (SSSR count). The number of aliphatic hydroxyl groups is 1. The molecule has 1 N–H and O–H groups in total. The van der Waals surface area contributed by atoms with Crippen molar-refractivity contribution in [1.82, 2.24) is 0 Å². The van der Waals surface area contributed by atoms with E-state index in [1.807, 2.05) is 0 Å². The van der Waals surface area contributed by atoms with Crippen LogP contribution in [0.25, 0.3) is 0 Å². The Morgan fingerprint density at radius 1 is 1.10 bits per heavy atom. The van der Waals surface area contributed by atoms with E-state index in [-0.39, 0.29) is 0 Å². The maximum absolute atomic E-state index is 11.8. The van der Waals surface area contributed by atoms with Crippen molar-refractivity contribution in [3.63, 3.8) is 0 Å². The fourth-order valence-electron chi connectivity index (χ4n) is 8.28. The maximum atomic E-state index is 11.8. The van der Waals surface area contributed by atoms with Crippen LogP contribution in [0.5, 0.6) is 0 Å². The highest BCUT2D eigenvalue weighted by Crippen LogP contribution is 2.91. The maximum Gasteiger partial charge on any atom is 0.0966 e. The molecule has 6 aliphatic carbocycles. The van der Waals surface area contributed by atoms with Crippen molar-refractivity contribution < 1.29 is 5.11 Å². The van der Waals surface area contributed by atoms with Crippen LogP contribution in [0, 0.1) is 46.8 Å². The van der Waals surface area contributed by atoms with Gasteiger partial charge >= 0.3 is 0 Å². The molecule has 6 bridgehead atoms. The van der Waals surface area contributed by atoms with Gasteiger partial charge in [-0.05, 0) is 52.9 Å². The molecule has 0 aliphatic heterocycles. The van der Waals surface area contributed by atoms with Gasteiger partial charge in [-0.3, -0.25) is 0 Å². The number of benzene rings is 1. The third kappa shape index (κ3) is 0.772. The second-order valence-electron chi connectivity index (χ2n) is 8.21. The Bertz CT molecular complexity index is 628. The highest BCUT2D eigenvalue weighted by atomic mass is 79.9. The lowest BCUT2D eigenvalue weighted by Gasteiger charge is -2.40. The molecule has 0 heterocycles. The second-order valence-corrected chi connectivity index (χ2v) is 9.19. The summed E-state index contributed by atoms with van der Waals surface area (Å²) in [4.78, 5) is 0.646. The molecule has 0 spiro atoms. The van der Waals surface area contributed by atoms with E-state index in [0.29, 0.717) is 22.1 Å². The summed E-state index contributed by atoms with van der Waals surface area (Å²) in [6.07, 6.45) is 1.40. The van der Waals surface area contributed by atoms with Gasteiger partial charge in [-0.1, -0.05) is 53.2 Å². The Morgan fingerprint density at radius 3 is 2.50 bits per heavy atom. The molecule has 2 heteroatoms. The molecule has 0 amide bonds. The predicted molar refractivity (Wildman–Crippen MR) is 80.2 cm³/mol. The molecular formula is C18H19BrO. The number of alkyl halides is 1. The Labute approximate surface area is 127 Å². The Morgan fingerprint density at radius 2 is 1.80 bits per heavy atom. The normalized spacial score (nSPS) is 67.0. The van der Waals surface area contributed by atoms with Crippen LogP contribution in [0.3, 0.4) is 0 Å². The van der Waals surface area contributed by atoms with Crippen molar-refractivity contribution >= 4 is 15.9 Å². The Kier molecular flexibility index (Phi) is 1.64. The van der Waals surface area contributed by atoms with E-state index in [2.05, 4.69) is 53.2 Å². The highest BCUT2D eigenvalue weighted by Gasteiger charge is 2.91. The molecule has 0 unspecified atom stereocenters. The lowest BCUT2D eigenvalue weighted by atomic mass is 9.64. The monoisotopic (exact) mass is 330 g/mol. The first-order valence-corrected chi connectivity index (χ1v) is 8.94. The van der Waals surface area contributed by atoms with E-state index < -0.39 is 5.60 Å². The van der Waals surface area contributed by atoms with Crippen molar-refractivity contribution in [2.45, 2.75) is 23.8 Å². The van der Waals surface area contributed by atoms with Gasteiger partial charge in [-0.2, -0.15) is 0 Å². The van der Waals surface area contributed by atoms with Crippen LogP contribution in [0.2, 0.25) is 0 Å². The second kappa shape index (κ2) is 2.92. The highest BCUT2D eigenvalue weighted by molar-refractivity contribution is 9.09. The minimum Gasteiger partial charge on any atom is -0.385 e. The van der Waals surface area contributed by atoms with E-state index in [1.54, 1.807) is 0 Å². The minimum atomic E-state index is -0.540. The van der Waals surface area contributed by atoms with E-state index in [1.165, 1.54) is 12.0 Å². The molecule has 104 valence electrons. The predicted octanol–water partition coefficient (Wildman–Crippen LogP) is 3.42. The summed E-state index contributed by atoms with van der Waals surface area (Å²) < 4.78 is 0. The first-order chi connectivity index (χ1) is 9.61. The SMILES string of the molecule is C[C@@]12[C@H]3[C@@H]4C[C@H]5[C@@H]([C@@H]4[C@@H]1Br)[C@H]2[C@@](O)(c1ccccc1)[C@@H]53. The van der Waals surface area contributed by atoms with Gasteiger partial charge < -0.3 is 5.11 Å². The average Bonchev–Trinajstić information content (AvgIpc) is 3.16. The van der Waals surface area contributed by atoms with Crippen LogP contribution in [-0.2, 0) is 5.60 Å². The van der Waals surface area contributed by atoms with Crippen molar-refractivity contribution in [3.05, 3.63) is 35.9 Å². The largest absolute Gasteiger partial charge is 0.385 e. The standard InChI is InChI=1S/C18H19BrO/c1-17-13-10-7-9-11(12(10)16(17)19)15(17)18(20,14(9)13)8-5-3-2-4-6-8/h2-6,9-16,20H,7H2,1H3/t9-,10+,11-,12+,13-,14-,15+,16-,17-,18+/m0/s1. The van der Waals surface area contributed by atoms with Gasteiger partial charge in [0.05, 0.1) is 5.60 Å². The molecule has 6 fully saturated rings. The molecule has 1 aromatic rings. The van der Waals surface area contributed by atoms with E-state index in [9.17, 15) is 5.11 Å². The smallest absolute Gasteiger partial charge is 0.0966 e. The zero-order valence-electron chi connectivity index (χ0n) is 11.5. The first-order valence-electron chi connectivity index (χ1n) is 8.03. The quantitative estimate of drug-likeness (QED) is 0.782. The summed E-state index contributed by atoms with van der Waals surface area (Å²) in [5, 5.41) is 11.8. The lowest BCUT2D eigenvalue weighted by Crippen LogP contribution is -2.38. The van der Waals surface area contributed by atoms with Gasteiger partial charge in [0.1, 0.15) is 0 Å². The molecule has 0 aromatic heterocycles.